The maximum atomic E-state index is 6.43. The summed E-state index contributed by atoms with van der Waals surface area (Å²) in [7, 11) is 5.06. The first kappa shape index (κ1) is 21.3. The van der Waals surface area contributed by atoms with Gasteiger partial charge >= 0.3 is 0 Å². The molecular formula is C26H27N3O4. The van der Waals surface area contributed by atoms with E-state index in [1.165, 1.54) is 0 Å². The van der Waals surface area contributed by atoms with E-state index in [1.54, 1.807) is 21.3 Å². The Morgan fingerprint density at radius 2 is 1.76 bits per heavy atom. The van der Waals surface area contributed by atoms with Gasteiger partial charge in [-0.05, 0) is 13.0 Å². The number of nitrogens with zero attached hydrogens (tertiary/aromatic N) is 3. The summed E-state index contributed by atoms with van der Waals surface area (Å²) < 4.78 is 25.7. The van der Waals surface area contributed by atoms with Crippen LogP contribution in [0.4, 0.5) is 0 Å². The number of benzene rings is 3. The van der Waals surface area contributed by atoms with Crippen molar-refractivity contribution in [2.75, 3.05) is 21.3 Å². The van der Waals surface area contributed by atoms with Crippen molar-refractivity contribution in [2.45, 2.75) is 32.1 Å². The van der Waals surface area contributed by atoms with Crippen LogP contribution < -0.4 is 14.2 Å². The van der Waals surface area contributed by atoms with Crippen molar-refractivity contribution >= 4 is 10.8 Å². The van der Waals surface area contributed by atoms with Crippen LogP contribution >= 0.6 is 0 Å². The Balaban J connectivity index is 1.52. The van der Waals surface area contributed by atoms with E-state index in [0.29, 0.717) is 13.0 Å². The largest absolute Gasteiger partial charge is 0.496 e. The highest BCUT2D eigenvalue weighted by Crippen LogP contribution is 2.50. The highest BCUT2D eigenvalue weighted by atomic mass is 16.5. The highest BCUT2D eigenvalue weighted by Gasteiger charge is 2.33. The number of fused-ring (bicyclic) bond motifs is 2. The quantitative estimate of drug-likeness (QED) is 0.424. The van der Waals surface area contributed by atoms with Crippen molar-refractivity contribution in [3.05, 3.63) is 65.9 Å². The van der Waals surface area contributed by atoms with Gasteiger partial charge in [0, 0.05) is 28.5 Å². The molecule has 7 heteroatoms. The molecule has 0 aliphatic carbocycles. The fourth-order valence-electron chi connectivity index (χ4n) is 4.84. The van der Waals surface area contributed by atoms with Gasteiger partial charge in [0.1, 0.15) is 22.9 Å². The second kappa shape index (κ2) is 8.75. The van der Waals surface area contributed by atoms with E-state index in [0.717, 1.165) is 50.4 Å². The van der Waals surface area contributed by atoms with Crippen LogP contribution in [-0.4, -0.2) is 42.4 Å². The molecule has 2 heterocycles. The van der Waals surface area contributed by atoms with Crippen molar-refractivity contribution in [2.24, 2.45) is 0 Å². The van der Waals surface area contributed by atoms with Crippen LogP contribution in [0.2, 0.25) is 0 Å². The number of hydrogen-bond acceptors (Lipinski definition) is 6. The monoisotopic (exact) mass is 445 g/mol. The lowest BCUT2D eigenvalue weighted by atomic mass is 9.89. The van der Waals surface area contributed by atoms with Crippen LogP contribution in [0, 0.1) is 0 Å². The maximum Gasteiger partial charge on any atom is 0.136 e. The van der Waals surface area contributed by atoms with Crippen LogP contribution in [0.15, 0.2) is 54.7 Å². The first-order valence-electron chi connectivity index (χ1n) is 11.0. The van der Waals surface area contributed by atoms with Gasteiger partial charge in [0.25, 0.3) is 0 Å². The predicted octanol–water partition coefficient (Wildman–Crippen LogP) is 4.83. The fourth-order valence-corrected chi connectivity index (χ4v) is 4.84. The minimum atomic E-state index is -0.186. The Morgan fingerprint density at radius 1 is 0.970 bits per heavy atom. The lowest BCUT2D eigenvalue weighted by Gasteiger charge is -2.33. The molecule has 0 amide bonds. The minimum Gasteiger partial charge on any atom is -0.496 e. The number of hydrogen-bond donors (Lipinski definition) is 0. The van der Waals surface area contributed by atoms with Gasteiger partial charge < -0.3 is 18.9 Å². The lowest BCUT2D eigenvalue weighted by molar-refractivity contribution is -0.0274. The molecule has 1 aliphatic rings. The molecule has 0 saturated heterocycles. The molecule has 0 saturated carbocycles. The summed E-state index contributed by atoms with van der Waals surface area (Å²) in [6, 6.07) is 16.0. The van der Waals surface area contributed by atoms with Crippen molar-refractivity contribution in [1.29, 1.82) is 0 Å². The Bertz CT molecular complexity index is 1290. The third-order valence-electron chi connectivity index (χ3n) is 6.20. The first-order valence-corrected chi connectivity index (χ1v) is 11.0. The molecule has 1 aromatic heterocycles. The van der Waals surface area contributed by atoms with Crippen molar-refractivity contribution < 1.29 is 18.9 Å². The maximum absolute atomic E-state index is 6.43. The third kappa shape index (κ3) is 3.68. The van der Waals surface area contributed by atoms with Crippen molar-refractivity contribution in [3.8, 4) is 28.5 Å². The molecule has 170 valence electrons. The zero-order valence-corrected chi connectivity index (χ0v) is 19.2. The Morgan fingerprint density at radius 3 is 2.48 bits per heavy atom. The van der Waals surface area contributed by atoms with Gasteiger partial charge in [-0.25, -0.2) is 4.68 Å². The summed E-state index contributed by atoms with van der Waals surface area (Å²) in [5.74, 6) is 2.36. The van der Waals surface area contributed by atoms with Gasteiger partial charge in [0.05, 0.1) is 51.7 Å². The zero-order chi connectivity index (χ0) is 22.9. The molecule has 3 aromatic carbocycles. The smallest absolute Gasteiger partial charge is 0.136 e. The van der Waals surface area contributed by atoms with Gasteiger partial charge in [0.15, 0.2) is 0 Å². The van der Waals surface area contributed by atoms with Gasteiger partial charge in [-0.1, -0.05) is 47.7 Å². The van der Waals surface area contributed by atoms with Gasteiger partial charge in [0.2, 0.25) is 0 Å². The molecule has 0 N–H and O–H groups in total. The fraction of sp³-hybridized carbons (Fsp3) is 0.308. The average Bonchev–Trinajstić information content (AvgIpc) is 3.31. The number of aromatic nitrogens is 3. The number of methoxy groups -OCH3 is 3. The molecule has 2 atom stereocenters. The summed E-state index contributed by atoms with van der Waals surface area (Å²) in [4.78, 5) is 0. The topological polar surface area (TPSA) is 67.6 Å². The van der Waals surface area contributed by atoms with Crippen LogP contribution in [0.3, 0.4) is 0 Å². The van der Waals surface area contributed by atoms with Crippen LogP contribution in [-0.2, 0) is 17.7 Å². The molecule has 0 bridgehead atoms. The van der Waals surface area contributed by atoms with Crippen molar-refractivity contribution in [1.82, 2.24) is 15.0 Å². The molecule has 5 rings (SSSR count). The molecule has 0 spiro atoms. The summed E-state index contributed by atoms with van der Waals surface area (Å²) in [5.41, 5.74) is 3.99. The van der Waals surface area contributed by atoms with E-state index in [4.69, 9.17) is 18.9 Å². The average molecular weight is 446 g/mol. The zero-order valence-electron chi connectivity index (χ0n) is 19.2. The molecule has 33 heavy (non-hydrogen) atoms. The second-order valence-electron chi connectivity index (χ2n) is 8.14. The predicted molar refractivity (Wildman–Crippen MR) is 126 cm³/mol. The molecule has 7 nitrogen and oxygen atoms in total. The normalized spacial score (nSPS) is 17.6. The van der Waals surface area contributed by atoms with Gasteiger partial charge in [-0.15, -0.1) is 5.10 Å². The second-order valence-corrected chi connectivity index (χ2v) is 8.14. The van der Waals surface area contributed by atoms with Crippen LogP contribution in [0.1, 0.15) is 24.2 Å². The van der Waals surface area contributed by atoms with Gasteiger partial charge in [-0.2, -0.15) is 0 Å². The molecular weight excluding hydrogens is 418 g/mol. The molecule has 0 fully saturated rings. The molecule has 0 radical (unpaired) electrons. The van der Waals surface area contributed by atoms with Crippen LogP contribution in [0.25, 0.3) is 22.0 Å². The molecule has 1 aliphatic heterocycles. The van der Waals surface area contributed by atoms with E-state index in [9.17, 15) is 0 Å². The third-order valence-corrected chi connectivity index (χ3v) is 6.20. The number of rotatable bonds is 6. The standard InChI is InChI=1S/C26H27N3O4/c1-16-23-20(25(31-3)19-11-8-12-22(30-2)24(19)26(23)32-4)13-18(33-16)14-29-15-21(27-28-29)17-9-6-5-7-10-17/h5-12,15-16,18H,13-14H2,1-4H3/t16-,18-/m1/s1. The Hall–Kier alpha value is -3.58. The Kier molecular flexibility index (Phi) is 5.64. The highest BCUT2D eigenvalue weighted by molar-refractivity contribution is 6.00. The van der Waals surface area contributed by atoms with Gasteiger partial charge in [-0.3, -0.25) is 0 Å². The van der Waals surface area contributed by atoms with E-state index < -0.39 is 0 Å². The summed E-state index contributed by atoms with van der Waals surface area (Å²) in [6.07, 6.45) is 2.36. The van der Waals surface area contributed by atoms with E-state index in [-0.39, 0.29) is 12.2 Å². The lowest BCUT2D eigenvalue weighted by Crippen LogP contribution is -2.30. The van der Waals surface area contributed by atoms with E-state index in [1.807, 2.05) is 66.3 Å². The molecule has 4 aromatic rings. The summed E-state index contributed by atoms with van der Waals surface area (Å²) in [6.45, 7) is 2.64. The van der Waals surface area contributed by atoms with E-state index >= 15 is 0 Å². The number of ether oxygens (including phenoxy) is 4. The van der Waals surface area contributed by atoms with Crippen molar-refractivity contribution in [3.63, 3.8) is 0 Å². The summed E-state index contributed by atoms with van der Waals surface area (Å²) in [5, 5.41) is 10.5. The SMILES string of the molecule is COc1c2c(c(OC)c3c(OC)cccc13)[C@@H](C)O[C@@H](Cn1cc(-c3ccccc3)nn1)C2. The minimum absolute atomic E-state index is 0.0838. The van der Waals surface area contributed by atoms with Crippen LogP contribution in [0.5, 0.6) is 17.2 Å². The summed E-state index contributed by atoms with van der Waals surface area (Å²) >= 11 is 0. The Labute approximate surface area is 192 Å². The van der Waals surface area contributed by atoms with E-state index in [2.05, 4.69) is 10.3 Å². The first-order chi connectivity index (χ1) is 16.1. The molecule has 0 unspecified atom stereocenters.